The molecule has 0 aromatic carbocycles. The summed E-state index contributed by atoms with van der Waals surface area (Å²) in [5.74, 6) is 0.126. The number of primary amides is 1. The van der Waals surface area contributed by atoms with Gasteiger partial charge in [0.05, 0.1) is 23.7 Å². The van der Waals surface area contributed by atoms with Gasteiger partial charge in [0.1, 0.15) is 11.9 Å². The van der Waals surface area contributed by atoms with Crippen LogP contribution in [-0.2, 0) is 4.74 Å². The van der Waals surface area contributed by atoms with E-state index >= 15 is 0 Å². The van der Waals surface area contributed by atoms with Gasteiger partial charge in [0.25, 0.3) is 0 Å². The van der Waals surface area contributed by atoms with E-state index in [0.717, 1.165) is 0 Å². The number of pyridine rings is 1. The van der Waals surface area contributed by atoms with Crippen molar-refractivity contribution in [3.63, 3.8) is 0 Å². The summed E-state index contributed by atoms with van der Waals surface area (Å²) in [6, 6.07) is 5.63. The maximum atomic E-state index is 11.1. The van der Waals surface area contributed by atoms with Crippen LogP contribution in [0.4, 0.5) is 5.82 Å². The Morgan fingerprint density at radius 1 is 1.57 bits per heavy atom. The highest BCUT2D eigenvalue weighted by Gasteiger charge is 2.25. The zero-order valence-corrected chi connectivity index (χ0v) is 12.7. The van der Waals surface area contributed by atoms with E-state index in [1.165, 1.54) is 11.1 Å². The minimum atomic E-state index is -0.533. The lowest BCUT2D eigenvalue weighted by Crippen LogP contribution is -2.38. The molecule has 0 spiro atoms. The summed E-state index contributed by atoms with van der Waals surface area (Å²) in [5.41, 5.74) is 5.54. The highest BCUT2D eigenvalue weighted by atomic mass is 35.5. The molecule has 2 N–H and O–H groups in total. The van der Waals surface area contributed by atoms with E-state index in [1.54, 1.807) is 17.4 Å². The van der Waals surface area contributed by atoms with Crippen LogP contribution in [-0.4, -0.2) is 30.6 Å². The maximum Gasteiger partial charge on any atom is 0.250 e. The van der Waals surface area contributed by atoms with Gasteiger partial charge in [-0.3, -0.25) is 4.79 Å². The quantitative estimate of drug-likeness (QED) is 0.942. The lowest BCUT2D eigenvalue weighted by Gasteiger charge is -2.33. The number of carbonyl (C=O) groups is 1. The van der Waals surface area contributed by atoms with E-state index in [0.29, 0.717) is 36.1 Å². The summed E-state index contributed by atoms with van der Waals surface area (Å²) in [6.45, 7) is 2.01. The number of hydrogen-bond donors (Lipinski definition) is 1. The van der Waals surface area contributed by atoms with E-state index < -0.39 is 5.91 Å². The average Bonchev–Trinajstić information content (AvgIpc) is 3.01. The summed E-state index contributed by atoms with van der Waals surface area (Å²) in [5, 5.41) is 2.46. The lowest BCUT2D eigenvalue weighted by molar-refractivity contribution is 0.0418. The van der Waals surface area contributed by atoms with Crippen LogP contribution in [0.3, 0.4) is 0 Å². The van der Waals surface area contributed by atoms with Gasteiger partial charge >= 0.3 is 0 Å². The molecule has 1 amide bonds. The van der Waals surface area contributed by atoms with E-state index in [-0.39, 0.29) is 6.10 Å². The zero-order chi connectivity index (χ0) is 14.8. The molecule has 1 saturated heterocycles. The number of hydrogen-bond acceptors (Lipinski definition) is 5. The van der Waals surface area contributed by atoms with Gasteiger partial charge in [0.15, 0.2) is 0 Å². The number of morpholine rings is 1. The molecule has 5 nitrogen and oxygen atoms in total. The van der Waals surface area contributed by atoms with Crippen LogP contribution in [0.5, 0.6) is 0 Å². The molecular formula is C14H14ClN3O2S. The number of rotatable bonds is 3. The predicted molar refractivity (Wildman–Crippen MR) is 83.0 cm³/mol. The van der Waals surface area contributed by atoms with Gasteiger partial charge in [-0.15, -0.1) is 11.3 Å². The van der Waals surface area contributed by atoms with E-state index in [4.69, 9.17) is 22.1 Å². The zero-order valence-electron chi connectivity index (χ0n) is 11.2. The van der Waals surface area contributed by atoms with Crippen LogP contribution < -0.4 is 10.6 Å². The number of halogens is 1. The van der Waals surface area contributed by atoms with Crippen molar-refractivity contribution < 1.29 is 9.53 Å². The normalized spacial score (nSPS) is 18.7. The van der Waals surface area contributed by atoms with Crippen molar-refractivity contribution >= 4 is 34.7 Å². The Morgan fingerprint density at radius 2 is 2.43 bits per heavy atom. The first kappa shape index (κ1) is 14.3. The summed E-state index contributed by atoms with van der Waals surface area (Å²) >= 11 is 7.90. The molecule has 1 atom stereocenters. The van der Waals surface area contributed by atoms with E-state index in [9.17, 15) is 4.79 Å². The van der Waals surface area contributed by atoms with Crippen LogP contribution in [0, 0.1) is 0 Å². The molecular weight excluding hydrogens is 310 g/mol. The number of ether oxygens (including phenoxy) is 1. The Morgan fingerprint density at radius 3 is 3.10 bits per heavy atom. The number of amides is 1. The Hall–Kier alpha value is -1.63. The van der Waals surface area contributed by atoms with Crippen LogP contribution in [0.15, 0.2) is 29.8 Å². The minimum Gasteiger partial charge on any atom is -0.369 e. The van der Waals surface area contributed by atoms with Gasteiger partial charge in [0.2, 0.25) is 5.91 Å². The van der Waals surface area contributed by atoms with E-state index in [1.807, 2.05) is 11.4 Å². The smallest absolute Gasteiger partial charge is 0.250 e. The topological polar surface area (TPSA) is 68.5 Å². The molecule has 3 heterocycles. The first-order chi connectivity index (χ1) is 10.1. The number of aromatic nitrogens is 1. The number of nitrogens with two attached hydrogens (primary N) is 1. The molecule has 0 aliphatic carbocycles. The summed E-state index contributed by atoms with van der Waals surface area (Å²) in [4.78, 5) is 18.7. The molecule has 7 heteroatoms. The number of carbonyl (C=O) groups excluding carboxylic acids is 1. The SMILES string of the molecule is NC(=O)c1cnc(N2CCOC(c3cccs3)C2)c(Cl)c1. The molecule has 21 heavy (non-hydrogen) atoms. The van der Waals surface area contributed by atoms with Crippen molar-refractivity contribution in [2.24, 2.45) is 5.73 Å². The van der Waals surface area contributed by atoms with Crippen LogP contribution in [0.25, 0.3) is 0 Å². The van der Waals surface area contributed by atoms with Crippen molar-refractivity contribution in [3.05, 3.63) is 45.2 Å². The Labute approximate surface area is 131 Å². The molecule has 1 fully saturated rings. The lowest BCUT2D eigenvalue weighted by atomic mass is 10.2. The highest BCUT2D eigenvalue weighted by molar-refractivity contribution is 7.10. The first-order valence-electron chi connectivity index (χ1n) is 6.50. The maximum absolute atomic E-state index is 11.1. The fourth-order valence-electron chi connectivity index (χ4n) is 2.29. The van der Waals surface area contributed by atoms with Gasteiger partial charge in [-0.1, -0.05) is 17.7 Å². The summed E-state index contributed by atoms with van der Waals surface area (Å²) in [7, 11) is 0. The second-order valence-electron chi connectivity index (χ2n) is 4.71. The molecule has 1 aliphatic heterocycles. The second-order valence-corrected chi connectivity index (χ2v) is 6.10. The summed E-state index contributed by atoms with van der Waals surface area (Å²) < 4.78 is 5.80. The van der Waals surface area contributed by atoms with Gasteiger partial charge in [-0.05, 0) is 17.5 Å². The Kier molecular flexibility index (Phi) is 4.10. The van der Waals surface area contributed by atoms with Crippen molar-refractivity contribution in [3.8, 4) is 0 Å². The minimum absolute atomic E-state index is 0.0208. The third-order valence-corrected chi connectivity index (χ3v) is 4.58. The molecule has 2 aromatic heterocycles. The molecule has 0 bridgehead atoms. The molecule has 0 radical (unpaired) electrons. The standard InChI is InChI=1S/C14H14ClN3O2S/c15-10-6-9(13(16)19)7-17-14(10)18-3-4-20-11(8-18)12-2-1-5-21-12/h1-2,5-7,11H,3-4,8H2,(H2,16,19). The van der Waals surface area contributed by atoms with Crippen molar-refractivity contribution in [2.45, 2.75) is 6.10 Å². The summed E-state index contributed by atoms with van der Waals surface area (Å²) in [6.07, 6.45) is 1.48. The number of nitrogens with zero attached hydrogens (tertiary/aromatic N) is 2. The number of thiophene rings is 1. The monoisotopic (exact) mass is 323 g/mol. The first-order valence-corrected chi connectivity index (χ1v) is 7.76. The van der Waals surface area contributed by atoms with Crippen molar-refractivity contribution in [2.75, 3.05) is 24.6 Å². The van der Waals surface area contributed by atoms with Crippen LogP contribution in [0.2, 0.25) is 5.02 Å². The molecule has 2 aromatic rings. The van der Waals surface area contributed by atoms with Crippen molar-refractivity contribution in [1.82, 2.24) is 4.98 Å². The van der Waals surface area contributed by atoms with E-state index in [2.05, 4.69) is 16.0 Å². The molecule has 110 valence electrons. The Balaban J connectivity index is 1.82. The fraction of sp³-hybridized carbons (Fsp3) is 0.286. The third kappa shape index (κ3) is 3.02. The van der Waals surface area contributed by atoms with Gasteiger partial charge in [0, 0.05) is 17.6 Å². The van der Waals surface area contributed by atoms with Gasteiger partial charge in [-0.2, -0.15) is 0 Å². The molecule has 3 rings (SSSR count). The van der Waals surface area contributed by atoms with Crippen LogP contribution >= 0.6 is 22.9 Å². The molecule has 1 unspecified atom stereocenters. The highest BCUT2D eigenvalue weighted by Crippen LogP contribution is 2.31. The Bertz CT molecular complexity index is 648. The third-order valence-electron chi connectivity index (χ3n) is 3.33. The average molecular weight is 324 g/mol. The molecule has 0 saturated carbocycles. The number of anilines is 1. The largest absolute Gasteiger partial charge is 0.369 e. The van der Waals surface area contributed by atoms with Gasteiger partial charge in [-0.25, -0.2) is 4.98 Å². The fourth-order valence-corrected chi connectivity index (χ4v) is 3.34. The molecule has 1 aliphatic rings. The van der Waals surface area contributed by atoms with Crippen LogP contribution in [0.1, 0.15) is 21.3 Å². The van der Waals surface area contributed by atoms with Gasteiger partial charge < -0.3 is 15.4 Å². The predicted octanol–water partition coefficient (Wildman–Crippen LogP) is 2.47. The second kappa shape index (κ2) is 6.01. The van der Waals surface area contributed by atoms with Crippen molar-refractivity contribution in [1.29, 1.82) is 0 Å².